The summed E-state index contributed by atoms with van der Waals surface area (Å²) in [6.45, 7) is 8.42. The van der Waals surface area contributed by atoms with Crippen LogP contribution in [0.5, 0.6) is 0 Å². The zero-order valence-electron chi connectivity index (χ0n) is 11.7. The van der Waals surface area contributed by atoms with Crippen LogP contribution in [0.2, 0.25) is 0 Å². The highest BCUT2D eigenvalue weighted by molar-refractivity contribution is 5.77. The molecule has 0 radical (unpaired) electrons. The highest BCUT2D eigenvalue weighted by Gasteiger charge is 2.30. The van der Waals surface area contributed by atoms with Gasteiger partial charge in [-0.05, 0) is 38.4 Å². The zero-order chi connectivity index (χ0) is 13.6. The average molecular weight is 261 g/mol. The van der Waals surface area contributed by atoms with Gasteiger partial charge in [-0.1, -0.05) is 13.0 Å². The Hall–Kier alpha value is -1.42. The van der Waals surface area contributed by atoms with Gasteiger partial charge in [0.25, 0.3) is 0 Å². The van der Waals surface area contributed by atoms with Crippen LogP contribution in [0, 0.1) is 11.7 Å². The van der Waals surface area contributed by atoms with E-state index >= 15 is 0 Å². The van der Waals surface area contributed by atoms with Gasteiger partial charge in [0.15, 0.2) is 5.82 Å². The van der Waals surface area contributed by atoms with Gasteiger partial charge in [-0.25, -0.2) is 9.37 Å². The summed E-state index contributed by atoms with van der Waals surface area (Å²) in [4.78, 5) is 4.61. The van der Waals surface area contributed by atoms with Crippen molar-refractivity contribution in [2.45, 2.75) is 32.7 Å². The van der Waals surface area contributed by atoms with Crippen molar-refractivity contribution in [1.82, 2.24) is 14.9 Å². The molecule has 1 aliphatic rings. The maximum Gasteiger partial charge on any atom is 0.151 e. The van der Waals surface area contributed by atoms with E-state index in [1.54, 1.807) is 6.07 Å². The number of fused-ring (bicyclic) bond motifs is 1. The number of nitrogens with one attached hydrogen (secondary N) is 1. The lowest BCUT2D eigenvalue weighted by Gasteiger charge is -2.19. The van der Waals surface area contributed by atoms with Crippen LogP contribution in [-0.2, 0) is 0 Å². The van der Waals surface area contributed by atoms with E-state index in [1.165, 1.54) is 6.07 Å². The van der Waals surface area contributed by atoms with Crippen LogP contribution < -0.4 is 5.32 Å². The minimum Gasteiger partial charge on any atom is -0.325 e. The molecule has 1 aliphatic heterocycles. The van der Waals surface area contributed by atoms with E-state index in [0.29, 0.717) is 17.4 Å². The third-order valence-electron chi connectivity index (χ3n) is 4.06. The molecule has 3 rings (SSSR count). The molecule has 0 spiro atoms. The predicted octanol–water partition coefficient (Wildman–Crippen LogP) is 3.08. The Morgan fingerprint density at radius 1 is 1.37 bits per heavy atom. The summed E-state index contributed by atoms with van der Waals surface area (Å²) >= 11 is 0. The second-order valence-corrected chi connectivity index (χ2v) is 5.78. The van der Waals surface area contributed by atoms with Gasteiger partial charge >= 0.3 is 0 Å². The maximum atomic E-state index is 13.9. The number of nitrogens with zero attached hydrogens (tertiary/aromatic N) is 2. The van der Waals surface area contributed by atoms with Crippen LogP contribution in [0.4, 0.5) is 4.39 Å². The molecular formula is C15H20FN3. The topological polar surface area (TPSA) is 29.9 Å². The average Bonchev–Trinajstić information content (AvgIpc) is 2.92. The van der Waals surface area contributed by atoms with Gasteiger partial charge in [-0.2, -0.15) is 0 Å². The van der Waals surface area contributed by atoms with Crippen molar-refractivity contribution >= 4 is 11.0 Å². The van der Waals surface area contributed by atoms with Gasteiger partial charge in [-0.15, -0.1) is 0 Å². The molecule has 2 atom stereocenters. The Kier molecular flexibility index (Phi) is 3.05. The smallest absolute Gasteiger partial charge is 0.151 e. The second-order valence-electron chi connectivity index (χ2n) is 5.78. The van der Waals surface area contributed by atoms with E-state index in [1.807, 2.05) is 6.07 Å². The van der Waals surface area contributed by atoms with Gasteiger partial charge in [0, 0.05) is 18.5 Å². The Morgan fingerprint density at radius 3 is 2.79 bits per heavy atom. The molecule has 0 amide bonds. The monoisotopic (exact) mass is 261 g/mol. The molecule has 2 heterocycles. The Morgan fingerprint density at radius 2 is 2.16 bits per heavy atom. The van der Waals surface area contributed by atoms with Crippen molar-refractivity contribution in [3.63, 3.8) is 0 Å². The number of halogens is 1. The molecule has 3 nitrogen and oxygen atoms in total. The van der Waals surface area contributed by atoms with E-state index in [-0.39, 0.29) is 11.9 Å². The summed E-state index contributed by atoms with van der Waals surface area (Å²) in [5, 5.41) is 3.40. The molecule has 0 aliphatic carbocycles. The standard InChI is InChI=1S/C15H20FN3/c1-9(2)19-13-6-4-5-12(16)14(13)18-15(19)11-8-17-7-10(11)3/h4-6,9-11,17H,7-8H2,1-3H3/t10-,11-/m1/s1. The van der Waals surface area contributed by atoms with E-state index in [4.69, 9.17) is 0 Å². The maximum absolute atomic E-state index is 13.9. The van der Waals surface area contributed by atoms with Gasteiger partial charge in [0.2, 0.25) is 0 Å². The molecule has 0 bridgehead atoms. The van der Waals surface area contributed by atoms with Crippen LogP contribution in [0.25, 0.3) is 11.0 Å². The van der Waals surface area contributed by atoms with Crippen molar-refractivity contribution in [1.29, 1.82) is 0 Å². The summed E-state index contributed by atoms with van der Waals surface area (Å²) in [6, 6.07) is 5.50. The first-order chi connectivity index (χ1) is 9.09. The van der Waals surface area contributed by atoms with Crippen molar-refractivity contribution in [3.05, 3.63) is 29.8 Å². The zero-order valence-corrected chi connectivity index (χ0v) is 11.7. The molecule has 1 aromatic heterocycles. The first-order valence-electron chi connectivity index (χ1n) is 6.96. The minimum atomic E-state index is -0.225. The molecule has 4 heteroatoms. The predicted molar refractivity (Wildman–Crippen MR) is 74.9 cm³/mol. The highest BCUT2D eigenvalue weighted by atomic mass is 19.1. The van der Waals surface area contributed by atoms with Crippen LogP contribution >= 0.6 is 0 Å². The first-order valence-corrected chi connectivity index (χ1v) is 6.96. The molecule has 2 aromatic rings. The molecular weight excluding hydrogens is 241 g/mol. The van der Waals surface area contributed by atoms with E-state index < -0.39 is 0 Å². The van der Waals surface area contributed by atoms with Crippen LogP contribution in [0.15, 0.2) is 18.2 Å². The number of imidazole rings is 1. The SMILES string of the molecule is CC(C)n1c([C@@H]2CNC[C@H]2C)nc2c(F)cccc21. The normalized spacial score (nSPS) is 23.6. The fraction of sp³-hybridized carbons (Fsp3) is 0.533. The molecule has 102 valence electrons. The number of para-hydroxylation sites is 1. The van der Waals surface area contributed by atoms with Gasteiger partial charge in [-0.3, -0.25) is 0 Å². The molecule has 1 saturated heterocycles. The van der Waals surface area contributed by atoms with Gasteiger partial charge < -0.3 is 9.88 Å². The number of rotatable bonds is 2. The molecule has 0 unspecified atom stereocenters. The van der Waals surface area contributed by atoms with Crippen molar-refractivity contribution in [2.75, 3.05) is 13.1 Å². The Labute approximate surface area is 112 Å². The summed E-state index contributed by atoms with van der Waals surface area (Å²) < 4.78 is 16.1. The molecule has 1 aromatic carbocycles. The largest absolute Gasteiger partial charge is 0.325 e. The minimum absolute atomic E-state index is 0.225. The summed E-state index contributed by atoms with van der Waals surface area (Å²) in [5.74, 6) is 1.70. The Balaban J connectivity index is 2.23. The summed E-state index contributed by atoms with van der Waals surface area (Å²) in [6.07, 6.45) is 0. The fourth-order valence-corrected chi connectivity index (χ4v) is 3.06. The number of hydrogen-bond acceptors (Lipinski definition) is 2. The Bertz CT molecular complexity index is 603. The van der Waals surface area contributed by atoms with Crippen molar-refractivity contribution in [2.24, 2.45) is 5.92 Å². The quantitative estimate of drug-likeness (QED) is 0.900. The van der Waals surface area contributed by atoms with E-state index in [0.717, 1.165) is 24.4 Å². The lowest BCUT2D eigenvalue weighted by atomic mass is 9.97. The summed E-state index contributed by atoms with van der Waals surface area (Å²) in [7, 11) is 0. The molecule has 1 N–H and O–H groups in total. The molecule has 19 heavy (non-hydrogen) atoms. The van der Waals surface area contributed by atoms with Crippen molar-refractivity contribution in [3.8, 4) is 0 Å². The van der Waals surface area contributed by atoms with E-state index in [9.17, 15) is 4.39 Å². The van der Waals surface area contributed by atoms with Gasteiger partial charge in [0.1, 0.15) is 11.3 Å². The number of aromatic nitrogens is 2. The van der Waals surface area contributed by atoms with Gasteiger partial charge in [0.05, 0.1) is 5.52 Å². The van der Waals surface area contributed by atoms with Crippen LogP contribution in [0.3, 0.4) is 0 Å². The van der Waals surface area contributed by atoms with E-state index in [2.05, 4.69) is 35.6 Å². The lowest BCUT2D eigenvalue weighted by Crippen LogP contribution is -2.16. The third kappa shape index (κ3) is 1.94. The van der Waals surface area contributed by atoms with Crippen LogP contribution in [0.1, 0.15) is 38.6 Å². The molecule has 1 fully saturated rings. The highest BCUT2D eigenvalue weighted by Crippen LogP contribution is 2.32. The summed E-state index contributed by atoms with van der Waals surface area (Å²) in [5.41, 5.74) is 1.41. The fourth-order valence-electron chi connectivity index (χ4n) is 3.06. The second kappa shape index (κ2) is 4.60. The number of hydrogen-bond donors (Lipinski definition) is 1. The first kappa shape index (κ1) is 12.6. The molecule has 0 saturated carbocycles. The van der Waals surface area contributed by atoms with Crippen LogP contribution in [-0.4, -0.2) is 22.6 Å². The number of benzene rings is 1. The lowest BCUT2D eigenvalue weighted by molar-refractivity contribution is 0.492. The van der Waals surface area contributed by atoms with Crippen molar-refractivity contribution < 1.29 is 4.39 Å². The third-order valence-corrected chi connectivity index (χ3v) is 4.06.